The Morgan fingerprint density at radius 1 is 0.929 bits per heavy atom. The van der Waals surface area contributed by atoms with Crippen LogP contribution in [0.2, 0.25) is 0 Å². The molecule has 0 fully saturated rings. The summed E-state index contributed by atoms with van der Waals surface area (Å²) in [5.74, 6) is 0. The Morgan fingerprint density at radius 3 is 2.11 bits per heavy atom. The molecule has 0 N–H and O–H groups in total. The molecular weight excluding hydrogens is 376 g/mol. The fourth-order valence-corrected chi connectivity index (χ4v) is 2.39. The number of nitrogens with zero attached hydrogens (tertiary/aromatic N) is 2. The highest BCUT2D eigenvalue weighted by molar-refractivity contribution is 7.80. The normalized spacial score (nSPS) is 12.0. The molecule has 3 rings (SSSR count). The van der Waals surface area contributed by atoms with Crippen LogP contribution in [0.3, 0.4) is 0 Å². The van der Waals surface area contributed by atoms with Crippen LogP contribution in [0.15, 0.2) is 60.7 Å². The average Bonchev–Trinajstić information content (AvgIpc) is 2.66. The molecule has 1 heterocycles. The van der Waals surface area contributed by atoms with Crippen molar-refractivity contribution in [1.29, 1.82) is 0 Å². The van der Waals surface area contributed by atoms with Crippen LogP contribution in [0, 0.1) is 0 Å². The molecule has 0 saturated heterocycles. The van der Waals surface area contributed by atoms with Crippen LogP contribution in [-0.2, 0) is 14.6 Å². The molecule has 148 valence electrons. The van der Waals surface area contributed by atoms with E-state index >= 15 is 0 Å². The monoisotopic (exact) mass is 400 g/mol. The molecule has 0 bridgehead atoms. The van der Waals surface area contributed by atoms with Crippen molar-refractivity contribution < 1.29 is 17.2 Å². The fraction of sp³-hybridized carbons (Fsp3) is 0.190. The molecule has 0 amide bonds. The summed E-state index contributed by atoms with van der Waals surface area (Å²) in [6, 6.07) is 21.0. The third-order valence-electron chi connectivity index (χ3n) is 3.94. The minimum absolute atomic E-state index is 0.808. The predicted molar refractivity (Wildman–Crippen MR) is 113 cm³/mol. The molecule has 0 spiro atoms. The molecule has 2 aromatic carbocycles. The van der Waals surface area contributed by atoms with E-state index in [0.717, 1.165) is 22.8 Å². The van der Waals surface area contributed by atoms with Gasteiger partial charge in [0.25, 0.3) is 0 Å². The summed E-state index contributed by atoms with van der Waals surface area (Å²) < 4.78 is 31.9. The first-order chi connectivity index (χ1) is 13.1. The summed E-state index contributed by atoms with van der Waals surface area (Å²) in [5, 5.41) is 1.17. The number of hydrogen-bond donors (Lipinski definition) is 0. The maximum atomic E-state index is 9.22. The highest BCUT2D eigenvalue weighted by atomic mass is 32.3. The Labute approximate surface area is 166 Å². The van der Waals surface area contributed by atoms with E-state index in [2.05, 4.69) is 84.9 Å². The van der Waals surface area contributed by atoms with Gasteiger partial charge in [0.2, 0.25) is 10.4 Å². The van der Waals surface area contributed by atoms with E-state index in [1.54, 1.807) is 0 Å². The smallest absolute Gasteiger partial charge is 0.217 e. The van der Waals surface area contributed by atoms with Gasteiger partial charge in [0.05, 0.1) is 39.5 Å². The first kappa shape index (κ1) is 21.7. The summed E-state index contributed by atoms with van der Waals surface area (Å²) in [5.41, 5.74) is 4.49. The molecule has 0 aliphatic carbocycles. The maximum absolute atomic E-state index is 9.22. The van der Waals surface area contributed by atoms with Crippen molar-refractivity contribution in [2.75, 3.05) is 28.3 Å². The zero-order valence-electron chi connectivity index (χ0n) is 16.4. The second kappa shape index (κ2) is 9.07. The van der Waals surface area contributed by atoms with Gasteiger partial charge >= 0.3 is 0 Å². The Kier molecular flexibility index (Phi) is 7.04. The summed E-state index contributed by atoms with van der Waals surface area (Å²) >= 11 is 0. The largest absolute Gasteiger partial charge is 0.726 e. The molecule has 0 aliphatic rings. The second-order valence-corrected chi connectivity index (χ2v) is 8.09. The minimum Gasteiger partial charge on any atom is -0.726 e. The number of pyridine rings is 1. The summed E-state index contributed by atoms with van der Waals surface area (Å²) in [6.45, 7) is 0. The molecule has 3 aromatic rings. The van der Waals surface area contributed by atoms with Gasteiger partial charge in [-0.2, -0.15) is 0 Å². The average molecular weight is 401 g/mol. The number of benzene rings is 2. The molecule has 0 radical (unpaired) electrons. The van der Waals surface area contributed by atoms with Gasteiger partial charge in [0.15, 0.2) is 0 Å². The second-order valence-electron chi connectivity index (χ2n) is 6.94. The Balaban J connectivity index is 0.000000409. The van der Waals surface area contributed by atoms with E-state index in [1.165, 1.54) is 16.6 Å². The molecule has 28 heavy (non-hydrogen) atoms. The van der Waals surface area contributed by atoms with Gasteiger partial charge in [0, 0.05) is 5.39 Å². The molecule has 0 unspecified atom stereocenters. The molecule has 0 aliphatic heterocycles. The van der Waals surface area contributed by atoms with Crippen molar-refractivity contribution >= 4 is 39.1 Å². The van der Waals surface area contributed by atoms with Gasteiger partial charge in [-0.3, -0.25) is 8.67 Å². The van der Waals surface area contributed by atoms with Crippen LogP contribution in [-0.4, -0.2) is 46.2 Å². The number of fused-ring (bicyclic) bond motifs is 1. The van der Waals surface area contributed by atoms with E-state index in [1.807, 2.05) is 18.2 Å². The van der Waals surface area contributed by atoms with E-state index < -0.39 is 10.4 Å². The van der Waals surface area contributed by atoms with Gasteiger partial charge in [-0.1, -0.05) is 30.3 Å². The predicted octanol–water partition coefficient (Wildman–Crippen LogP) is 3.69. The standard InChI is InChI=1S/C20H21N2.CH4O4S/c1-22(2,3)19-14-9-16(10-15-19)8-12-18-13-11-17-6-4-5-7-20(17)21-18;1-5-6(2,3)4/h4-15H,1-3H3;1H3,(H,2,3,4)/q+1;/p-1. The molecular formula is C21H24N2O4S. The topological polar surface area (TPSA) is 79.3 Å². The maximum Gasteiger partial charge on any atom is 0.217 e. The molecule has 1 aromatic heterocycles. The summed E-state index contributed by atoms with van der Waals surface area (Å²) in [4.78, 5) is 4.66. The molecule has 0 atom stereocenters. The lowest BCUT2D eigenvalue weighted by Gasteiger charge is -2.23. The quantitative estimate of drug-likeness (QED) is 0.379. The van der Waals surface area contributed by atoms with Gasteiger partial charge in [-0.15, -0.1) is 0 Å². The lowest BCUT2D eigenvalue weighted by molar-refractivity contribution is 0.314. The van der Waals surface area contributed by atoms with E-state index in [-0.39, 0.29) is 0 Å². The number of quaternary nitrogens is 1. The zero-order valence-corrected chi connectivity index (χ0v) is 17.2. The molecule has 7 heteroatoms. The van der Waals surface area contributed by atoms with Crippen LogP contribution >= 0.6 is 0 Å². The van der Waals surface area contributed by atoms with Crippen LogP contribution in [0.4, 0.5) is 5.69 Å². The van der Waals surface area contributed by atoms with Crippen molar-refractivity contribution in [1.82, 2.24) is 9.47 Å². The van der Waals surface area contributed by atoms with Crippen molar-refractivity contribution in [2.45, 2.75) is 0 Å². The van der Waals surface area contributed by atoms with Gasteiger partial charge in [-0.05, 0) is 48.0 Å². The first-order valence-electron chi connectivity index (χ1n) is 8.56. The third-order valence-corrected chi connectivity index (χ3v) is 4.35. The van der Waals surface area contributed by atoms with Gasteiger partial charge in [0.1, 0.15) is 5.69 Å². The van der Waals surface area contributed by atoms with E-state index in [0.29, 0.717) is 0 Å². The number of hydrogen-bond acceptors (Lipinski definition) is 5. The molecule has 0 saturated carbocycles. The lowest BCUT2D eigenvalue weighted by atomic mass is 10.1. The van der Waals surface area contributed by atoms with Crippen LogP contribution < -0.4 is 4.48 Å². The highest BCUT2D eigenvalue weighted by Crippen LogP contribution is 2.19. The van der Waals surface area contributed by atoms with Crippen molar-refractivity contribution in [3.05, 3.63) is 71.9 Å². The molecule has 6 nitrogen and oxygen atoms in total. The van der Waals surface area contributed by atoms with Crippen molar-refractivity contribution in [3.8, 4) is 0 Å². The van der Waals surface area contributed by atoms with E-state index in [9.17, 15) is 13.0 Å². The highest BCUT2D eigenvalue weighted by Gasteiger charge is 2.10. The Hall–Kier alpha value is -2.58. The zero-order chi connectivity index (χ0) is 20.8. The summed E-state index contributed by atoms with van der Waals surface area (Å²) in [7, 11) is 2.91. The first-order valence-corrected chi connectivity index (χ1v) is 9.89. The Bertz CT molecular complexity index is 1050. The minimum atomic E-state index is -4.41. The van der Waals surface area contributed by atoms with Crippen LogP contribution in [0.5, 0.6) is 0 Å². The van der Waals surface area contributed by atoms with Crippen LogP contribution in [0.25, 0.3) is 23.1 Å². The summed E-state index contributed by atoms with van der Waals surface area (Å²) in [6.07, 6.45) is 4.17. The number of para-hydroxylation sites is 1. The SMILES string of the molecule is COS(=O)(=O)[O-].C[N+](C)(C)c1ccc(C=Cc2ccc3ccccc3n2)cc1. The Morgan fingerprint density at radius 2 is 1.54 bits per heavy atom. The fourth-order valence-electron chi connectivity index (χ4n) is 2.39. The number of rotatable bonds is 4. The number of aromatic nitrogens is 1. The lowest BCUT2D eigenvalue weighted by Crippen LogP contribution is -2.34. The van der Waals surface area contributed by atoms with E-state index in [4.69, 9.17) is 0 Å². The van der Waals surface area contributed by atoms with Crippen LogP contribution in [0.1, 0.15) is 11.3 Å². The third kappa shape index (κ3) is 6.86. The van der Waals surface area contributed by atoms with Crippen molar-refractivity contribution in [2.24, 2.45) is 0 Å². The van der Waals surface area contributed by atoms with Gasteiger partial charge < -0.3 is 4.55 Å². The van der Waals surface area contributed by atoms with Gasteiger partial charge in [-0.25, -0.2) is 13.4 Å². The van der Waals surface area contributed by atoms with Crippen molar-refractivity contribution in [3.63, 3.8) is 0 Å².